The molecule has 1 aromatic rings. The number of ketones is 2. The monoisotopic (exact) mass is 330 g/mol. The molecule has 0 aromatic carbocycles. The molecular weight excluding hydrogens is 312 g/mol. The Labute approximate surface area is 138 Å². The Kier molecular flexibility index (Phi) is 4.52. The smallest absolute Gasteiger partial charge is 0.205 e. The molecule has 1 heterocycles. The van der Waals surface area contributed by atoms with Gasteiger partial charge in [-0.15, -0.1) is 11.8 Å². The van der Waals surface area contributed by atoms with Crippen molar-refractivity contribution in [1.29, 1.82) is 0 Å². The second-order valence-corrected chi connectivity index (χ2v) is 6.84. The highest BCUT2D eigenvalue weighted by molar-refractivity contribution is 8.04. The molecule has 2 aliphatic carbocycles. The Morgan fingerprint density at radius 2 is 2.13 bits per heavy atom. The first-order valence-corrected chi connectivity index (χ1v) is 8.54. The number of hydrogen-bond acceptors (Lipinski definition) is 5. The fraction of sp³-hybridized carbons (Fsp3) is 0.353. The number of Topliss-reactive ketones (excluding diaryl/α,β-unsaturated/α-hetero) is 1. The number of aromatic amines is 1. The van der Waals surface area contributed by atoms with Gasteiger partial charge in [0, 0.05) is 11.8 Å². The number of aromatic nitrogens is 2. The lowest BCUT2D eigenvalue weighted by Gasteiger charge is -2.19. The summed E-state index contributed by atoms with van der Waals surface area (Å²) < 4.78 is 5.72. The summed E-state index contributed by atoms with van der Waals surface area (Å²) in [6.45, 7) is 4.82. The van der Waals surface area contributed by atoms with Crippen LogP contribution in [0.2, 0.25) is 0 Å². The fourth-order valence-electron chi connectivity index (χ4n) is 2.44. The van der Waals surface area contributed by atoms with Gasteiger partial charge >= 0.3 is 0 Å². The zero-order chi connectivity index (χ0) is 16.4. The Hall–Kier alpha value is -2.08. The maximum absolute atomic E-state index is 12.2. The van der Waals surface area contributed by atoms with Gasteiger partial charge in [0.05, 0.1) is 23.3 Å². The van der Waals surface area contributed by atoms with Gasteiger partial charge in [-0.1, -0.05) is 19.9 Å². The van der Waals surface area contributed by atoms with Gasteiger partial charge in [-0.2, -0.15) is 5.10 Å². The van der Waals surface area contributed by atoms with Crippen LogP contribution in [-0.2, 0) is 4.74 Å². The second kappa shape index (κ2) is 6.58. The minimum absolute atomic E-state index is 0.155. The van der Waals surface area contributed by atoms with Gasteiger partial charge in [-0.05, 0) is 24.0 Å². The topological polar surface area (TPSA) is 72.1 Å². The zero-order valence-corrected chi connectivity index (χ0v) is 13.9. The molecule has 0 aliphatic heterocycles. The Balaban J connectivity index is 1.52. The van der Waals surface area contributed by atoms with E-state index in [1.165, 1.54) is 24.0 Å². The molecule has 120 valence electrons. The molecule has 0 bridgehead atoms. The third-order valence-corrected chi connectivity index (χ3v) is 5.03. The van der Waals surface area contributed by atoms with Crippen molar-refractivity contribution >= 4 is 23.3 Å². The standard InChI is InChI=1S/C17H18N2O3S/c1-10-3-4-12(7-11(10)2)22-5-6-23-15-8-14(20)16-13(17(15)21)9-18-19-16/h3-4,7-11H,5-6H2,1-2H3,(H,18,19). The van der Waals surface area contributed by atoms with E-state index in [9.17, 15) is 9.59 Å². The lowest BCUT2D eigenvalue weighted by Crippen LogP contribution is -2.15. The molecular formula is C17H18N2O3S. The number of thioether (sulfide) groups is 1. The molecule has 2 aliphatic rings. The molecule has 0 radical (unpaired) electrons. The molecule has 0 spiro atoms. The average Bonchev–Trinajstić information content (AvgIpc) is 3.02. The molecule has 0 fully saturated rings. The zero-order valence-electron chi connectivity index (χ0n) is 13.0. The number of nitrogens with zero attached hydrogens (tertiary/aromatic N) is 1. The fourth-order valence-corrected chi connectivity index (χ4v) is 3.26. The van der Waals surface area contributed by atoms with Crippen LogP contribution in [0.15, 0.2) is 41.2 Å². The number of rotatable bonds is 5. The highest BCUT2D eigenvalue weighted by Crippen LogP contribution is 2.27. The lowest BCUT2D eigenvalue weighted by atomic mass is 9.91. The largest absolute Gasteiger partial charge is 0.493 e. The van der Waals surface area contributed by atoms with E-state index in [2.05, 4.69) is 36.2 Å². The molecule has 2 atom stereocenters. The summed E-state index contributed by atoms with van der Waals surface area (Å²) in [5.74, 6) is 2.10. The number of allylic oxidation sites excluding steroid dienone is 5. The van der Waals surface area contributed by atoms with E-state index >= 15 is 0 Å². The van der Waals surface area contributed by atoms with Crippen LogP contribution in [0.25, 0.3) is 0 Å². The third-order valence-electron chi connectivity index (χ3n) is 4.05. The third kappa shape index (κ3) is 3.32. The van der Waals surface area contributed by atoms with Crippen LogP contribution in [-0.4, -0.2) is 34.1 Å². The van der Waals surface area contributed by atoms with Crippen molar-refractivity contribution in [2.45, 2.75) is 13.8 Å². The van der Waals surface area contributed by atoms with Crippen LogP contribution in [0.1, 0.15) is 34.7 Å². The number of carbonyl (C=O) groups is 2. The SMILES string of the molecule is CC1C=CC(OCCSC2=CC(=O)c3[nH]ncc3C2=O)=CC1C. The van der Waals surface area contributed by atoms with Crippen molar-refractivity contribution in [2.75, 3.05) is 12.4 Å². The van der Waals surface area contributed by atoms with Crippen molar-refractivity contribution in [1.82, 2.24) is 10.2 Å². The molecule has 1 aromatic heterocycles. The van der Waals surface area contributed by atoms with E-state index in [0.717, 1.165) is 5.76 Å². The minimum Gasteiger partial charge on any atom is -0.493 e. The average molecular weight is 330 g/mol. The Morgan fingerprint density at radius 3 is 2.91 bits per heavy atom. The molecule has 5 nitrogen and oxygen atoms in total. The molecule has 3 rings (SSSR count). The van der Waals surface area contributed by atoms with Crippen molar-refractivity contribution < 1.29 is 14.3 Å². The first kappa shape index (κ1) is 15.8. The molecule has 1 N–H and O–H groups in total. The van der Waals surface area contributed by atoms with Crippen molar-refractivity contribution in [2.24, 2.45) is 11.8 Å². The summed E-state index contributed by atoms with van der Waals surface area (Å²) in [5.41, 5.74) is 0.623. The van der Waals surface area contributed by atoms with Crippen molar-refractivity contribution in [3.63, 3.8) is 0 Å². The van der Waals surface area contributed by atoms with Crippen LogP contribution in [0.4, 0.5) is 0 Å². The number of ether oxygens (including phenoxy) is 1. The minimum atomic E-state index is -0.207. The van der Waals surface area contributed by atoms with Crippen LogP contribution in [0.3, 0.4) is 0 Å². The van der Waals surface area contributed by atoms with Crippen LogP contribution >= 0.6 is 11.8 Å². The van der Waals surface area contributed by atoms with Gasteiger partial charge in [0.25, 0.3) is 0 Å². The van der Waals surface area contributed by atoms with Gasteiger partial charge in [-0.25, -0.2) is 0 Å². The number of carbonyl (C=O) groups excluding carboxylic acids is 2. The van der Waals surface area contributed by atoms with Gasteiger partial charge < -0.3 is 4.74 Å². The van der Waals surface area contributed by atoms with Crippen molar-refractivity contribution in [3.05, 3.63) is 52.4 Å². The quantitative estimate of drug-likeness (QED) is 0.840. The molecule has 6 heteroatoms. The molecule has 0 saturated heterocycles. The summed E-state index contributed by atoms with van der Waals surface area (Å²) >= 11 is 1.34. The van der Waals surface area contributed by atoms with Crippen LogP contribution < -0.4 is 0 Å². The molecule has 23 heavy (non-hydrogen) atoms. The number of nitrogens with one attached hydrogen (secondary N) is 1. The predicted molar refractivity (Wildman–Crippen MR) is 89.3 cm³/mol. The summed E-state index contributed by atoms with van der Waals surface area (Å²) in [6, 6.07) is 0. The normalized spacial score (nSPS) is 23.4. The van der Waals surface area contributed by atoms with Gasteiger partial charge in [0.15, 0.2) is 0 Å². The van der Waals surface area contributed by atoms with Crippen molar-refractivity contribution in [3.8, 4) is 0 Å². The highest BCUT2D eigenvalue weighted by Gasteiger charge is 2.27. The first-order valence-electron chi connectivity index (χ1n) is 7.56. The second-order valence-electron chi connectivity index (χ2n) is 5.70. The van der Waals surface area contributed by atoms with E-state index in [-0.39, 0.29) is 17.3 Å². The summed E-state index contributed by atoms with van der Waals surface area (Å²) in [5, 5.41) is 6.32. The lowest BCUT2D eigenvalue weighted by molar-refractivity contribution is 0.0989. The molecule has 0 amide bonds. The summed E-state index contributed by atoms with van der Waals surface area (Å²) in [6.07, 6.45) is 9.01. The van der Waals surface area contributed by atoms with Gasteiger partial charge in [0.2, 0.25) is 11.6 Å². The summed E-state index contributed by atoms with van der Waals surface area (Å²) in [7, 11) is 0. The van der Waals surface area contributed by atoms with E-state index in [4.69, 9.17) is 4.74 Å². The first-order chi connectivity index (χ1) is 11.1. The van der Waals surface area contributed by atoms with Crippen LogP contribution in [0, 0.1) is 11.8 Å². The number of H-pyrrole nitrogens is 1. The van der Waals surface area contributed by atoms with Gasteiger partial charge in [-0.3, -0.25) is 14.7 Å². The summed E-state index contributed by atoms with van der Waals surface area (Å²) in [4.78, 5) is 24.6. The van der Waals surface area contributed by atoms with E-state index in [1.54, 1.807) is 0 Å². The van der Waals surface area contributed by atoms with Crippen LogP contribution in [0.5, 0.6) is 0 Å². The van der Waals surface area contributed by atoms with E-state index in [0.29, 0.717) is 34.7 Å². The maximum atomic E-state index is 12.2. The number of hydrogen-bond donors (Lipinski definition) is 1. The Bertz CT molecular complexity index is 730. The van der Waals surface area contributed by atoms with E-state index < -0.39 is 0 Å². The predicted octanol–water partition coefficient (Wildman–Crippen LogP) is 3.15. The van der Waals surface area contributed by atoms with E-state index in [1.807, 2.05) is 6.08 Å². The number of fused-ring (bicyclic) bond motifs is 1. The highest BCUT2D eigenvalue weighted by atomic mass is 32.2. The van der Waals surface area contributed by atoms with Gasteiger partial charge in [0.1, 0.15) is 11.5 Å². The molecule has 2 unspecified atom stereocenters. The Morgan fingerprint density at radius 1 is 1.30 bits per heavy atom. The maximum Gasteiger partial charge on any atom is 0.205 e. The molecule has 0 saturated carbocycles.